The number of anilines is 1. The van der Waals surface area contributed by atoms with Crippen molar-refractivity contribution >= 4 is 29.1 Å². The van der Waals surface area contributed by atoms with Crippen molar-refractivity contribution < 1.29 is 14.3 Å². The number of fused-ring (bicyclic) bond motifs is 1. The molecule has 0 N–H and O–H groups in total. The quantitative estimate of drug-likeness (QED) is 0.544. The summed E-state index contributed by atoms with van der Waals surface area (Å²) in [5.41, 5.74) is 3.40. The second kappa shape index (κ2) is 9.07. The summed E-state index contributed by atoms with van der Waals surface area (Å²) >= 11 is 1.30. The Balaban J connectivity index is 1.91. The van der Waals surface area contributed by atoms with Crippen LogP contribution in [0.1, 0.15) is 24.1 Å². The van der Waals surface area contributed by atoms with E-state index in [4.69, 9.17) is 9.47 Å². The zero-order valence-electron chi connectivity index (χ0n) is 19.2. The standard InChI is InChI=1S/C25H25N3O4S/c1-15-21(24(30)32-5)22(17-8-10-18(11-9-17)27(2)3)28-23(29)20(33-25(28)26-15)14-16-6-12-19(31-4)13-7-16/h6-14,22H,1-5H3. The zero-order valence-corrected chi connectivity index (χ0v) is 20.0. The van der Waals surface area contributed by atoms with Crippen LogP contribution in [0.15, 0.2) is 69.6 Å². The van der Waals surface area contributed by atoms with E-state index in [1.165, 1.54) is 18.4 Å². The first-order valence-electron chi connectivity index (χ1n) is 10.4. The number of carbonyl (C=O) groups is 1. The summed E-state index contributed by atoms with van der Waals surface area (Å²) in [5.74, 6) is 0.246. The molecule has 0 bridgehead atoms. The highest BCUT2D eigenvalue weighted by atomic mass is 32.1. The van der Waals surface area contributed by atoms with Crippen LogP contribution in [0.3, 0.4) is 0 Å². The molecular weight excluding hydrogens is 438 g/mol. The predicted octanol–water partition coefficient (Wildman–Crippen LogP) is 2.48. The van der Waals surface area contributed by atoms with E-state index in [0.29, 0.717) is 20.6 Å². The van der Waals surface area contributed by atoms with Crippen molar-refractivity contribution in [3.63, 3.8) is 0 Å². The second-order valence-electron chi connectivity index (χ2n) is 7.83. The van der Waals surface area contributed by atoms with Gasteiger partial charge in [0.25, 0.3) is 5.56 Å². The maximum Gasteiger partial charge on any atom is 0.338 e. The van der Waals surface area contributed by atoms with Crippen molar-refractivity contribution in [3.05, 3.63) is 90.6 Å². The van der Waals surface area contributed by atoms with Gasteiger partial charge >= 0.3 is 5.97 Å². The molecule has 3 aromatic rings. The Bertz CT molecular complexity index is 1400. The number of thiazole rings is 1. The maximum absolute atomic E-state index is 13.5. The molecule has 4 rings (SSSR count). The number of methoxy groups -OCH3 is 2. The lowest BCUT2D eigenvalue weighted by Crippen LogP contribution is -2.39. The van der Waals surface area contributed by atoms with E-state index in [2.05, 4.69) is 4.99 Å². The summed E-state index contributed by atoms with van der Waals surface area (Å²) in [6.45, 7) is 1.77. The van der Waals surface area contributed by atoms with Crippen molar-refractivity contribution in [2.24, 2.45) is 4.99 Å². The summed E-state index contributed by atoms with van der Waals surface area (Å²) in [7, 11) is 6.87. The number of aromatic nitrogens is 1. The molecule has 0 spiro atoms. The van der Waals surface area contributed by atoms with E-state index >= 15 is 0 Å². The van der Waals surface area contributed by atoms with E-state index < -0.39 is 12.0 Å². The molecule has 1 atom stereocenters. The molecule has 2 heterocycles. The number of hydrogen-bond acceptors (Lipinski definition) is 7. The largest absolute Gasteiger partial charge is 0.497 e. The number of benzene rings is 2. The van der Waals surface area contributed by atoms with Crippen molar-refractivity contribution in [1.82, 2.24) is 4.57 Å². The summed E-state index contributed by atoms with van der Waals surface area (Å²) in [4.78, 5) is 33.4. The minimum Gasteiger partial charge on any atom is -0.497 e. The normalized spacial score (nSPS) is 15.7. The number of ether oxygens (including phenoxy) is 2. The van der Waals surface area contributed by atoms with Crippen LogP contribution in [-0.2, 0) is 9.53 Å². The molecule has 0 saturated heterocycles. The van der Waals surface area contributed by atoms with Gasteiger partial charge in [-0.2, -0.15) is 0 Å². The van der Waals surface area contributed by atoms with Crippen LogP contribution in [0.25, 0.3) is 6.08 Å². The van der Waals surface area contributed by atoms with Crippen molar-refractivity contribution in [3.8, 4) is 5.75 Å². The fraction of sp³-hybridized carbons (Fsp3) is 0.240. The van der Waals surface area contributed by atoms with Crippen LogP contribution in [0.5, 0.6) is 5.75 Å². The van der Waals surface area contributed by atoms with Crippen molar-refractivity contribution in [2.45, 2.75) is 13.0 Å². The van der Waals surface area contributed by atoms with Gasteiger partial charge in [0.1, 0.15) is 5.75 Å². The van der Waals surface area contributed by atoms with E-state index in [0.717, 1.165) is 22.6 Å². The highest BCUT2D eigenvalue weighted by molar-refractivity contribution is 7.07. The summed E-state index contributed by atoms with van der Waals surface area (Å²) < 4.78 is 12.4. The average molecular weight is 464 g/mol. The SMILES string of the molecule is COC(=O)C1=C(C)N=c2sc(=Cc3ccc(OC)cc3)c(=O)n2C1c1ccc(N(C)C)cc1. The number of hydrogen-bond donors (Lipinski definition) is 0. The van der Waals surface area contributed by atoms with Gasteiger partial charge in [0, 0.05) is 19.8 Å². The highest BCUT2D eigenvalue weighted by Crippen LogP contribution is 2.31. The van der Waals surface area contributed by atoms with Gasteiger partial charge in [-0.3, -0.25) is 9.36 Å². The Hall–Kier alpha value is -3.65. The number of esters is 1. The molecule has 2 aromatic carbocycles. The van der Waals surface area contributed by atoms with Crippen LogP contribution in [0, 0.1) is 0 Å². The minimum atomic E-state index is -0.622. The Morgan fingerprint density at radius 1 is 1.09 bits per heavy atom. The van der Waals surface area contributed by atoms with Crippen molar-refractivity contribution in [2.75, 3.05) is 33.2 Å². The highest BCUT2D eigenvalue weighted by Gasteiger charge is 2.33. The molecule has 0 saturated carbocycles. The van der Waals surface area contributed by atoms with E-state index in [1.807, 2.05) is 73.6 Å². The summed E-state index contributed by atoms with van der Waals surface area (Å²) in [6, 6.07) is 14.6. The third-order valence-electron chi connectivity index (χ3n) is 5.57. The van der Waals surface area contributed by atoms with Crippen molar-refractivity contribution in [1.29, 1.82) is 0 Å². The van der Waals surface area contributed by atoms with Gasteiger partial charge in [0.2, 0.25) is 0 Å². The maximum atomic E-state index is 13.5. The lowest BCUT2D eigenvalue weighted by Gasteiger charge is -2.25. The van der Waals surface area contributed by atoms with Gasteiger partial charge in [0.15, 0.2) is 4.80 Å². The Morgan fingerprint density at radius 3 is 2.33 bits per heavy atom. The zero-order chi connectivity index (χ0) is 23.7. The molecule has 33 heavy (non-hydrogen) atoms. The Kier molecular flexibility index (Phi) is 6.20. The molecule has 7 nitrogen and oxygen atoms in total. The molecule has 0 fully saturated rings. The Labute approximate surface area is 195 Å². The molecule has 1 aliphatic rings. The van der Waals surface area contributed by atoms with Crippen LogP contribution >= 0.6 is 11.3 Å². The topological polar surface area (TPSA) is 73.1 Å². The summed E-state index contributed by atoms with van der Waals surface area (Å²) in [6.07, 6.45) is 1.83. The lowest BCUT2D eigenvalue weighted by molar-refractivity contribution is -0.136. The van der Waals surface area contributed by atoms with E-state index in [-0.39, 0.29) is 5.56 Å². The number of rotatable bonds is 5. The van der Waals surface area contributed by atoms with Gasteiger partial charge < -0.3 is 14.4 Å². The number of carbonyl (C=O) groups excluding carboxylic acids is 1. The third-order valence-corrected chi connectivity index (χ3v) is 6.55. The molecule has 0 aliphatic carbocycles. The smallest absolute Gasteiger partial charge is 0.338 e. The fourth-order valence-electron chi connectivity index (χ4n) is 3.81. The Morgan fingerprint density at radius 2 is 1.76 bits per heavy atom. The van der Waals surface area contributed by atoms with Gasteiger partial charge in [-0.25, -0.2) is 9.79 Å². The second-order valence-corrected chi connectivity index (χ2v) is 8.84. The van der Waals surface area contributed by atoms with Crippen LogP contribution in [0.4, 0.5) is 5.69 Å². The first-order chi connectivity index (χ1) is 15.8. The molecule has 0 amide bonds. The number of allylic oxidation sites excluding steroid dienone is 1. The van der Waals surface area contributed by atoms with Gasteiger partial charge in [-0.1, -0.05) is 35.6 Å². The molecule has 1 aliphatic heterocycles. The first kappa shape index (κ1) is 22.5. The molecule has 0 radical (unpaired) electrons. The van der Waals surface area contributed by atoms with Gasteiger partial charge in [-0.05, 0) is 48.4 Å². The average Bonchev–Trinajstić information content (AvgIpc) is 3.12. The fourth-order valence-corrected chi connectivity index (χ4v) is 4.86. The molecule has 1 aromatic heterocycles. The molecule has 1 unspecified atom stereocenters. The lowest BCUT2D eigenvalue weighted by atomic mass is 9.95. The van der Waals surface area contributed by atoms with Gasteiger partial charge in [-0.15, -0.1) is 0 Å². The molecule has 8 heteroatoms. The predicted molar refractivity (Wildman–Crippen MR) is 130 cm³/mol. The van der Waals surface area contributed by atoms with E-state index in [9.17, 15) is 9.59 Å². The summed E-state index contributed by atoms with van der Waals surface area (Å²) in [5, 5.41) is 0. The van der Waals surface area contributed by atoms with E-state index in [1.54, 1.807) is 18.6 Å². The monoisotopic (exact) mass is 463 g/mol. The van der Waals surface area contributed by atoms with Crippen LogP contribution in [0.2, 0.25) is 0 Å². The van der Waals surface area contributed by atoms with Crippen LogP contribution < -0.4 is 24.5 Å². The van der Waals surface area contributed by atoms with Gasteiger partial charge in [0.05, 0.1) is 36.1 Å². The first-order valence-corrected chi connectivity index (χ1v) is 11.2. The number of nitrogens with zero attached hydrogens (tertiary/aromatic N) is 3. The minimum absolute atomic E-state index is 0.204. The molecular formula is C25H25N3O4S. The molecule has 170 valence electrons. The van der Waals surface area contributed by atoms with Crippen LogP contribution in [-0.4, -0.2) is 38.9 Å². The third kappa shape index (κ3) is 4.21.